The zero-order chi connectivity index (χ0) is 27.5. The first-order valence-electron chi connectivity index (χ1n) is 12.5. The Kier molecular flexibility index (Phi) is 7.53. The first kappa shape index (κ1) is 26.3. The lowest BCUT2D eigenvalue weighted by Crippen LogP contribution is -2.46. The molecule has 2 atom stereocenters. The number of aromatic nitrogens is 2. The molecule has 0 bridgehead atoms. The van der Waals surface area contributed by atoms with E-state index in [4.69, 9.17) is 16.2 Å². The summed E-state index contributed by atoms with van der Waals surface area (Å²) >= 11 is 0.773. The monoisotopic (exact) mass is 544 g/mol. The predicted octanol–water partition coefficient (Wildman–Crippen LogP) is 3.36. The minimum atomic E-state index is -1.08. The second kappa shape index (κ2) is 11.2. The van der Waals surface area contributed by atoms with Gasteiger partial charge in [-0.2, -0.15) is 4.37 Å². The lowest BCUT2D eigenvalue weighted by Gasteiger charge is -2.32. The van der Waals surface area contributed by atoms with E-state index in [0.29, 0.717) is 24.4 Å². The molecule has 0 saturated carbocycles. The minimum Gasteiger partial charge on any atom is -0.395 e. The van der Waals surface area contributed by atoms with Crippen molar-refractivity contribution in [2.45, 2.75) is 31.9 Å². The van der Waals surface area contributed by atoms with Crippen molar-refractivity contribution < 1.29 is 19.1 Å². The molecule has 1 saturated heterocycles. The highest BCUT2D eigenvalue weighted by Gasteiger charge is 2.37. The van der Waals surface area contributed by atoms with Gasteiger partial charge in [-0.05, 0) is 66.7 Å². The van der Waals surface area contributed by atoms with Crippen LogP contribution in [0.25, 0.3) is 10.9 Å². The second-order valence-corrected chi connectivity index (χ2v) is 10.1. The maximum absolute atomic E-state index is 14.2. The molecule has 5 rings (SSSR count). The molecule has 5 N–H and O–H groups in total. The van der Waals surface area contributed by atoms with Gasteiger partial charge in [-0.25, -0.2) is 0 Å². The molecule has 0 radical (unpaired) electrons. The maximum Gasteiger partial charge on any atom is 0.273 e. The highest BCUT2D eigenvalue weighted by atomic mass is 32.1. The van der Waals surface area contributed by atoms with Gasteiger partial charge < -0.3 is 21.5 Å². The van der Waals surface area contributed by atoms with Crippen LogP contribution in [0.3, 0.4) is 0 Å². The average Bonchev–Trinajstić information content (AvgIpc) is 3.60. The molecule has 4 aromatic rings. The zero-order valence-corrected chi connectivity index (χ0v) is 22.1. The number of aryl methyl sites for hydroxylation is 1. The van der Waals surface area contributed by atoms with E-state index >= 15 is 0 Å². The molecule has 10 nitrogen and oxygen atoms in total. The van der Waals surface area contributed by atoms with Gasteiger partial charge in [0.15, 0.2) is 5.69 Å². The smallest absolute Gasteiger partial charge is 0.273 e. The van der Waals surface area contributed by atoms with Crippen molar-refractivity contribution in [3.63, 3.8) is 0 Å². The first-order valence-corrected chi connectivity index (χ1v) is 13.3. The number of para-hydroxylation sites is 1. The number of pyridine rings is 1. The van der Waals surface area contributed by atoms with E-state index in [9.17, 15) is 14.4 Å². The molecule has 0 spiro atoms. The highest BCUT2D eigenvalue weighted by Crippen LogP contribution is 2.35. The number of hydrogen-bond acceptors (Lipinski definition) is 8. The van der Waals surface area contributed by atoms with Gasteiger partial charge >= 0.3 is 0 Å². The van der Waals surface area contributed by atoms with E-state index in [0.717, 1.165) is 40.8 Å². The summed E-state index contributed by atoms with van der Waals surface area (Å²) in [4.78, 5) is 45.9. The molecule has 1 fully saturated rings. The average molecular weight is 545 g/mol. The molecule has 1 aliphatic rings. The van der Waals surface area contributed by atoms with E-state index in [2.05, 4.69) is 14.7 Å². The van der Waals surface area contributed by atoms with E-state index < -0.39 is 17.9 Å². The highest BCUT2D eigenvalue weighted by molar-refractivity contribution is 7.09. The Hall–Kier alpha value is -4.35. The number of rotatable bonds is 8. The minimum absolute atomic E-state index is 0.0198. The third-order valence-electron chi connectivity index (χ3n) is 6.73. The summed E-state index contributed by atoms with van der Waals surface area (Å²) in [6.07, 6.45) is 3.39. The molecule has 3 heterocycles. The molecule has 2 aromatic carbocycles. The molecular formula is C28H28N6O4S. The summed E-state index contributed by atoms with van der Waals surface area (Å²) in [5, 5.41) is 3.81. The Bertz CT molecular complexity index is 1550. The SMILES string of the molecule is Cc1ccccc1N(C(=O)c1snc(C(N)=O)c1N)C(C(=O)NCC1CCCO1)c1ccc2ncccc2c1. The number of nitrogens with one attached hydrogen (secondary N) is 1. The van der Waals surface area contributed by atoms with Gasteiger partial charge in [0.05, 0.1) is 17.3 Å². The third kappa shape index (κ3) is 5.31. The Morgan fingerprint density at radius 3 is 2.72 bits per heavy atom. The lowest BCUT2D eigenvalue weighted by atomic mass is 9.99. The van der Waals surface area contributed by atoms with Crippen molar-refractivity contribution in [3.05, 3.63) is 82.5 Å². The molecule has 200 valence electrons. The van der Waals surface area contributed by atoms with Gasteiger partial charge in [-0.15, -0.1) is 0 Å². The molecule has 0 aliphatic carbocycles. The van der Waals surface area contributed by atoms with Crippen LogP contribution in [0.1, 0.15) is 50.2 Å². The number of ether oxygens (including phenoxy) is 1. The maximum atomic E-state index is 14.2. The van der Waals surface area contributed by atoms with E-state index in [1.807, 2.05) is 43.3 Å². The van der Waals surface area contributed by atoms with Gasteiger partial charge in [0, 0.05) is 30.4 Å². The fraction of sp³-hybridized carbons (Fsp3) is 0.250. The zero-order valence-electron chi connectivity index (χ0n) is 21.3. The van der Waals surface area contributed by atoms with Crippen LogP contribution in [-0.2, 0) is 9.53 Å². The number of nitrogens with zero attached hydrogens (tertiary/aromatic N) is 3. The Morgan fingerprint density at radius 2 is 2.00 bits per heavy atom. The van der Waals surface area contributed by atoms with E-state index in [1.165, 1.54) is 4.90 Å². The van der Waals surface area contributed by atoms with Crippen LogP contribution in [0.2, 0.25) is 0 Å². The van der Waals surface area contributed by atoms with Gasteiger partial charge in [0.25, 0.3) is 11.8 Å². The largest absolute Gasteiger partial charge is 0.395 e. The summed E-state index contributed by atoms with van der Waals surface area (Å²) in [5.41, 5.74) is 13.9. The van der Waals surface area contributed by atoms with Crippen molar-refractivity contribution >= 4 is 51.5 Å². The molecular weight excluding hydrogens is 516 g/mol. The van der Waals surface area contributed by atoms with E-state index in [-0.39, 0.29) is 28.3 Å². The summed E-state index contributed by atoms with van der Waals surface area (Å²) in [5.74, 6) is -1.79. The molecule has 1 aliphatic heterocycles. The predicted molar refractivity (Wildman–Crippen MR) is 150 cm³/mol. The fourth-order valence-electron chi connectivity index (χ4n) is 4.74. The Balaban J connectivity index is 1.65. The lowest BCUT2D eigenvalue weighted by molar-refractivity contribution is -0.123. The standard InChI is InChI=1S/C28H28N6O4S/c1-16-6-2-3-9-21(16)34(28(37)25-22(29)23(26(30)35)33-39-25)24(27(36)32-15-19-8-5-13-38-19)18-10-11-20-17(14-18)7-4-12-31-20/h2-4,6-7,9-12,14,19,24H,5,8,13,15,29H2,1H3,(H2,30,35)(H,32,36). The van der Waals surface area contributed by atoms with Gasteiger partial charge in [-0.1, -0.05) is 30.3 Å². The first-order chi connectivity index (χ1) is 18.8. The van der Waals surface area contributed by atoms with Gasteiger partial charge in [0.1, 0.15) is 10.9 Å². The molecule has 3 amide bonds. The van der Waals surface area contributed by atoms with Crippen LogP contribution in [0.15, 0.2) is 60.8 Å². The summed E-state index contributed by atoms with van der Waals surface area (Å²) in [6.45, 7) is 2.82. The van der Waals surface area contributed by atoms with Crippen LogP contribution in [0.4, 0.5) is 11.4 Å². The van der Waals surface area contributed by atoms with Crippen molar-refractivity contribution in [1.82, 2.24) is 14.7 Å². The van der Waals surface area contributed by atoms with Crippen molar-refractivity contribution in [1.29, 1.82) is 0 Å². The third-order valence-corrected chi connectivity index (χ3v) is 7.58. The number of benzene rings is 2. The molecule has 2 aromatic heterocycles. The van der Waals surface area contributed by atoms with Crippen molar-refractivity contribution in [3.8, 4) is 0 Å². The van der Waals surface area contributed by atoms with Crippen LogP contribution in [-0.4, -0.2) is 46.3 Å². The summed E-state index contributed by atoms with van der Waals surface area (Å²) in [7, 11) is 0. The molecule has 11 heteroatoms. The van der Waals surface area contributed by atoms with E-state index in [1.54, 1.807) is 24.4 Å². The fourth-order valence-corrected chi connectivity index (χ4v) is 5.48. The molecule has 39 heavy (non-hydrogen) atoms. The topological polar surface area (TPSA) is 154 Å². The summed E-state index contributed by atoms with van der Waals surface area (Å²) < 4.78 is 9.71. The molecule has 2 unspecified atom stereocenters. The second-order valence-electron chi connectivity index (χ2n) is 9.34. The normalized spacial score (nSPS) is 15.7. The number of fused-ring (bicyclic) bond motifs is 1. The van der Waals surface area contributed by atoms with Gasteiger partial charge in [0.2, 0.25) is 5.91 Å². The van der Waals surface area contributed by atoms with Crippen molar-refractivity contribution in [2.75, 3.05) is 23.8 Å². The quantitative estimate of drug-likeness (QED) is 0.307. The van der Waals surface area contributed by atoms with Crippen LogP contribution in [0.5, 0.6) is 0 Å². The number of amides is 3. The number of nitrogen functional groups attached to an aromatic ring is 1. The van der Waals surface area contributed by atoms with Crippen LogP contribution in [0, 0.1) is 6.92 Å². The number of carbonyl (C=O) groups is 3. The summed E-state index contributed by atoms with van der Waals surface area (Å²) in [6, 6.07) is 15.3. The van der Waals surface area contributed by atoms with Crippen molar-refractivity contribution in [2.24, 2.45) is 5.73 Å². The number of primary amides is 1. The van der Waals surface area contributed by atoms with Crippen LogP contribution >= 0.6 is 11.5 Å². The Labute approximate surface area is 229 Å². The Morgan fingerprint density at radius 1 is 1.18 bits per heavy atom. The number of carbonyl (C=O) groups excluding carboxylic acids is 3. The van der Waals surface area contributed by atoms with Gasteiger partial charge in [-0.3, -0.25) is 24.3 Å². The number of nitrogens with two attached hydrogens (primary N) is 2. The van der Waals surface area contributed by atoms with Crippen LogP contribution < -0.4 is 21.7 Å². The number of hydrogen-bond donors (Lipinski definition) is 3. The number of anilines is 2.